The molecule has 18 heavy (non-hydrogen) atoms. The van der Waals surface area contributed by atoms with Crippen LogP contribution in [0, 0.1) is 0 Å². The van der Waals surface area contributed by atoms with Crippen molar-refractivity contribution in [3.63, 3.8) is 0 Å². The molecule has 0 amide bonds. The topological polar surface area (TPSA) is 24.9 Å². The predicted molar refractivity (Wildman–Crippen MR) is 80.5 cm³/mol. The molecule has 0 bridgehead atoms. The van der Waals surface area contributed by atoms with Crippen LogP contribution in [0.5, 0.6) is 0 Å². The van der Waals surface area contributed by atoms with E-state index in [9.17, 15) is 0 Å². The van der Waals surface area contributed by atoms with Crippen LogP contribution in [0.1, 0.15) is 35.5 Å². The second-order valence-corrected chi connectivity index (χ2v) is 7.54. The molecule has 2 rings (SSSR count). The van der Waals surface area contributed by atoms with Crippen molar-refractivity contribution in [2.45, 2.75) is 39.2 Å². The third-order valence-corrected chi connectivity index (χ3v) is 4.98. The van der Waals surface area contributed by atoms with Gasteiger partial charge in [-0.25, -0.2) is 4.98 Å². The number of nitrogens with one attached hydrogen (secondary N) is 1. The number of thiazole rings is 1. The molecule has 2 heterocycles. The van der Waals surface area contributed by atoms with Crippen LogP contribution in [0.3, 0.4) is 0 Å². The van der Waals surface area contributed by atoms with E-state index in [4.69, 9.17) is 0 Å². The van der Waals surface area contributed by atoms with Gasteiger partial charge in [-0.15, -0.1) is 22.7 Å². The van der Waals surface area contributed by atoms with Gasteiger partial charge in [0.1, 0.15) is 0 Å². The molecule has 4 heteroatoms. The minimum absolute atomic E-state index is 0.167. The van der Waals surface area contributed by atoms with E-state index < -0.39 is 0 Å². The number of hydrogen-bond acceptors (Lipinski definition) is 4. The maximum atomic E-state index is 4.50. The fraction of sp³-hybridized carbons (Fsp3) is 0.500. The predicted octanol–water partition coefficient (Wildman–Crippen LogP) is 3.83. The fourth-order valence-corrected chi connectivity index (χ4v) is 3.26. The molecule has 1 N–H and O–H groups in total. The van der Waals surface area contributed by atoms with E-state index in [1.807, 2.05) is 28.9 Å². The Labute approximate surface area is 117 Å². The second-order valence-electron chi connectivity index (χ2n) is 5.39. The Morgan fingerprint density at radius 2 is 2.11 bits per heavy atom. The van der Waals surface area contributed by atoms with E-state index in [-0.39, 0.29) is 5.41 Å². The third-order valence-electron chi connectivity index (χ3n) is 2.62. The highest BCUT2D eigenvalue weighted by atomic mass is 32.1. The van der Waals surface area contributed by atoms with Gasteiger partial charge in [-0.3, -0.25) is 0 Å². The Hall–Kier alpha value is -0.710. The van der Waals surface area contributed by atoms with E-state index in [2.05, 4.69) is 48.6 Å². The first-order valence-corrected chi connectivity index (χ1v) is 7.93. The molecule has 0 aliphatic carbocycles. The monoisotopic (exact) mass is 280 g/mol. The molecule has 2 nitrogen and oxygen atoms in total. The summed E-state index contributed by atoms with van der Waals surface area (Å²) in [4.78, 5) is 7.27. The van der Waals surface area contributed by atoms with Gasteiger partial charge in [0.05, 0.1) is 5.01 Å². The highest BCUT2D eigenvalue weighted by Crippen LogP contribution is 2.26. The first kappa shape index (κ1) is 13.7. The summed E-state index contributed by atoms with van der Waals surface area (Å²) >= 11 is 3.64. The van der Waals surface area contributed by atoms with Crippen molar-refractivity contribution >= 4 is 22.7 Å². The summed E-state index contributed by atoms with van der Waals surface area (Å²) in [6.07, 6.45) is 3.12. The Morgan fingerprint density at radius 1 is 1.28 bits per heavy atom. The molecular formula is C14H20N2S2. The van der Waals surface area contributed by atoms with Crippen LogP contribution >= 0.6 is 22.7 Å². The molecule has 2 aromatic heterocycles. The van der Waals surface area contributed by atoms with Crippen molar-refractivity contribution < 1.29 is 0 Å². The molecule has 98 valence electrons. The molecule has 0 saturated carbocycles. The second kappa shape index (κ2) is 5.95. The van der Waals surface area contributed by atoms with Crippen molar-refractivity contribution in [2.75, 3.05) is 6.54 Å². The molecule has 2 aromatic rings. The number of thiophene rings is 1. The molecular weight excluding hydrogens is 260 g/mol. The standard InChI is InChI=1S/C14H20N2S2/c1-14(2,3)13-16-10-12(18-13)9-15-7-6-11-5-4-8-17-11/h4-5,8,10,15H,6-7,9H2,1-3H3. The minimum atomic E-state index is 0.167. The lowest BCUT2D eigenvalue weighted by atomic mass is 9.98. The third kappa shape index (κ3) is 3.90. The van der Waals surface area contributed by atoms with Crippen molar-refractivity contribution in [3.05, 3.63) is 38.5 Å². The van der Waals surface area contributed by atoms with Gasteiger partial charge in [-0.1, -0.05) is 26.8 Å². The molecule has 0 aliphatic rings. The molecule has 0 aliphatic heterocycles. The van der Waals surface area contributed by atoms with Crippen LogP contribution in [-0.4, -0.2) is 11.5 Å². The smallest absolute Gasteiger partial charge is 0.0981 e. The van der Waals surface area contributed by atoms with Crippen molar-refractivity contribution in [1.29, 1.82) is 0 Å². The summed E-state index contributed by atoms with van der Waals surface area (Å²) < 4.78 is 0. The molecule has 0 atom stereocenters. The molecule has 0 radical (unpaired) electrons. The van der Waals surface area contributed by atoms with Crippen molar-refractivity contribution in [1.82, 2.24) is 10.3 Å². The Balaban J connectivity index is 1.75. The summed E-state index contributed by atoms with van der Waals surface area (Å²) in [6, 6.07) is 4.30. The average Bonchev–Trinajstić information content (AvgIpc) is 2.95. The maximum absolute atomic E-state index is 4.50. The summed E-state index contributed by atoms with van der Waals surface area (Å²) in [5, 5.41) is 6.83. The van der Waals surface area contributed by atoms with Gasteiger partial charge < -0.3 is 5.32 Å². The normalized spacial score (nSPS) is 11.9. The Kier molecular flexibility index (Phi) is 4.54. The molecule has 0 spiro atoms. The average molecular weight is 280 g/mol. The lowest BCUT2D eigenvalue weighted by Gasteiger charge is -2.13. The van der Waals surface area contributed by atoms with E-state index >= 15 is 0 Å². The number of nitrogens with zero attached hydrogens (tertiary/aromatic N) is 1. The van der Waals surface area contributed by atoms with Crippen LogP contribution in [0.25, 0.3) is 0 Å². The van der Waals surface area contributed by atoms with Gasteiger partial charge >= 0.3 is 0 Å². The largest absolute Gasteiger partial charge is 0.311 e. The minimum Gasteiger partial charge on any atom is -0.311 e. The van der Waals surface area contributed by atoms with E-state index in [1.54, 1.807) is 0 Å². The van der Waals surface area contributed by atoms with Gasteiger partial charge in [-0.2, -0.15) is 0 Å². The zero-order chi connectivity index (χ0) is 13.0. The molecule has 0 unspecified atom stereocenters. The summed E-state index contributed by atoms with van der Waals surface area (Å²) in [5.74, 6) is 0. The summed E-state index contributed by atoms with van der Waals surface area (Å²) in [5.41, 5.74) is 0.167. The lowest BCUT2D eigenvalue weighted by molar-refractivity contribution is 0.585. The number of rotatable bonds is 5. The first-order valence-electron chi connectivity index (χ1n) is 6.24. The maximum Gasteiger partial charge on any atom is 0.0981 e. The summed E-state index contributed by atoms with van der Waals surface area (Å²) in [7, 11) is 0. The van der Waals surface area contributed by atoms with Crippen LogP contribution in [0.4, 0.5) is 0 Å². The lowest BCUT2D eigenvalue weighted by Crippen LogP contribution is -2.15. The summed E-state index contributed by atoms with van der Waals surface area (Å²) in [6.45, 7) is 8.59. The Morgan fingerprint density at radius 3 is 2.72 bits per heavy atom. The quantitative estimate of drug-likeness (QED) is 0.842. The van der Waals surface area contributed by atoms with Crippen LogP contribution < -0.4 is 5.32 Å². The van der Waals surface area contributed by atoms with Crippen LogP contribution in [-0.2, 0) is 18.4 Å². The zero-order valence-corrected chi connectivity index (χ0v) is 12.8. The van der Waals surface area contributed by atoms with Crippen LogP contribution in [0.2, 0.25) is 0 Å². The van der Waals surface area contributed by atoms with Crippen molar-refractivity contribution in [3.8, 4) is 0 Å². The van der Waals surface area contributed by atoms with E-state index in [1.165, 1.54) is 14.8 Å². The fourth-order valence-electron chi connectivity index (χ4n) is 1.61. The van der Waals surface area contributed by atoms with E-state index in [0.29, 0.717) is 0 Å². The molecule has 0 fully saturated rings. The molecule has 0 aromatic carbocycles. The van der Waals surface area contributed by atoms with Crippen LogP contribution in [0.15, 0.2) is 23.7 Å². The van der Waals surface area contributed by atoms with Gasteiger partial charge in [0.2, 0.25) is 0 Å². The molecule has 0 saturated heterocycles. The van der Waals surface area contributed by atoms with Gasteiger partial charge in [0.25, 0.3) is 0 Å². The van der Waals surface area contributed by atoms with E-state index in [0.717, 1.165) is 19.5 Å². The highest BCUT2D eigenvalue weighted by molar-refractivity contribution is 7.11. The Bertz CT molecular complexity index is 466. The van der Waals surface area contributed by atoms with Gasteiger partial charge in [-0.05, 0) is 17.9 Å². The zero-order valence-electron chi connectivity index (χ0n) is 11.2. The van der Waals surface area contributed by atoms with Crippen molar-refractivity contribution in [2.24, 2.45) is 0 Å². The number of aromatic nitrogens is 1. The SMILES string of the molecule is CC(C)(C)c1ncc(CNCCc2cccs2)s1. The van der Waals surface area contributed by atoms with Gasteiger partial charge in [0, 0.05) is 34.5 Å². The van der Waals surface area contributed by atoms with Gasteiger partial charge in [0.15, 0.2) is 0 Å². The number of hydrogen-bond donors (Lipinski definition) is 1. The first-order chi connectivity index (χ1) is 8.55. The highest BCUT2D eigenvalue weighted by Gasteiger charge is 2.17.